The van der Waals surface area contributed by atoms with Gasteiger partial charge in [0.2, 0.25) is 0 Å². The van der Waals surface area contributed by atoms with Gasteiger partial charge in [0.1, 0.15) is 5.75 Å². The minimum absolute atomic E-state index is 0.0981. The molecule has 0 saturated carbocycles. The lowest BCUT2D eigenvalue weighted by molar-refractivity contribution is 0.0105. The zero-order valence-corrected chi connectivity index (χ0v) is 9.84. The molecule has 0 spiro atoms. The van der Waals surface area contributed by atoms with Gasteiger partial charge in [0.25, 0.3) is 5.91 Å². The first kappa shape index (κ1) is 12.7. The molecule has 0 aromatic heterocycles. The van der Waals surface area contributed by atoms with E-state index in [-0.39, 0.29) is 11.3 Å². The van der Waals surface area contributed by atoms with Crippen LogP contribution in [0.2, 0.25) is 0 Å². The van der Waals surface area contributed by atoms with Crippen molar-refractivity contribution in [3.63, 3.8) is 0 Å². The molecule has 96 valence electrons. The number of aromatic hydroxyl groups is 1. The highest BCUT2D eigenvalue weighted by atomic mass is 16.5. The zero-order chi connectivity index (χ0) is 13.7. The van der Waals surface area contributed by atoms with Gasteiger partial charge in [-0.15, -0.1) is 5.11 Å². The van der Waals surface area contributed by atoms with Crippen molar-refractivity contribution >= 4 is 5.91 Å². The van der Waals surface area contributed by atoms with Crippen molar-refractivity contribution in [3.05, 3.63) is 66.2 Å². The number of phenols is 1. The van der Waals surface area contributed by atoms with E-state index in [1.807, 2.05) is 0 Å². The molecule has 0 atom stereocenters. The van der Waals surface area contributed by atoms with Gasteiger partial charge in [0, 0.05) is 12.4 Å². The molecule has 1 heterocycles. The SMILES string of the molecule is O=C(N=NC=C1C=CN(O)C=C1)c1ccccc1O. The van der Waals surface area contributed by atoms with Gasteiger partial charge < -0.3 is 5.11 Å². The number of allylic oxidation sites excluding steroid dienone is 3. The Hall–Kier alpha value is -2.73. The third kappa shape index (κ3) is 3.36. The number of benzene rings is 1. The molecule has 0 radical (unpaired) electrons. The predicted octanol–water partition coefficient (Wildman–Crippen LogP) is 2.60. The van der Waals surface area contributed by atoms with E-state index >= 15 is 0 Å². The van der Waals surface area contributed by atoms with Crippen LogP contribution in [-0.2, 0) is 0 Å². The van der Waals surface area contributed by atoms with Crippen LogP contribution in [0.25, 0.3) is 0 Å². The van der Waals surface area contributed by atoms with Crippen LogP contribution < -0.4 is 0 Å². The number of carbonyl (C=O) groups excluding carboxylic acids is 1. The number of hydrogen-bond donors (Lipinski definition) is 2. The van der Waals surface area contributed by atoms with E-state index < -0.39 is 5.91 Å². The Balaban J connectivity index is 2.06. The number of para-hydroxylation sites is 1. The number of nitrogens with zero attached hydrogens (tertiary/aromatic N) is 3. The van der Waals surface area contributed by atoms with Gasteiger partial charge in [0.15, 0.2) is 0 Å². The summed E-state index contributed by atoms with van der Waals surface area (Å²) in [5.74, 6) is -0.755. The summed E-state index contributed by atoms with van der Waals surface area (Å²) in [6.45, 7) is 0. The molecular formula is C13H11N3O3. The third-order valence-electron chi connectivity index (χ3n) is 2.33. The molecule has 0 bridgehead atoms. The number of carbonyl (C=O) groups is 1. The Morgan fingerprint density at radius 3 is 2.58 bits per heavy atom. The summed E-state index contributed by atoms with van der Waals surface area (Å²) < 4.78 is 0. The van der Waals surface area contributed by atoms with Gasteiger partial charge in [0.05, 0.1) is 11.8 Å². The molecule has 1 aliphatic rings. The second kappa shape index (κ2) is 5.74. The summed E-state index contributed by atoms with van der Waals surface area (Å²) in [7, 11) is 0. The van der Waals surface area contributed by atoms with Crippen molar-refractivity contribution in [2.45, 2.75) is 0 Å². The van der Waals surface area contributed by atoms with Gasteiger partial charge in [-0.1, -0.05) is 12.1 Å². The summed E-state index contributed by atoms with van der Waals surface area (Å²) in [5, 5.41) is 26.5. The number of azo groups is 1. The van der Waals surface area contributed by atoms with Crippen LogP contribution >= 0.6 is 0 Å². The van der Waals surface area contributed by atoms with E-state index in [1.54, 1.807) is 24.3 Å². The summed E-state index contributed by atoms with van der Waals surface area (Å²) in [4.78, 5) is 11.6. The highest BCUT2D eigenvalue weighted by Crippen LogP contribution is 2.16. The molecule has 6 nitrogen and oxygen atoms in total. The second-order valence-corrected chi connectivity index (χ2v) is 3.68. The molecule has 19 heavy (non-hydrogen) atoms. The van der Waals surface area contributed by atoms with Crippen LogP contribution in [0, 0.1) is 0 Å². The first-order chi connectivity index (χ1) is 9.16. The smallest absolute Gasteiger partial charge is 0.299 e. The average molecular weight is 257 g/mol. The highest BCUT2D eigenvalue weighted by Gasteiger charge is 2.08. The largest absolute Gasteiger partial charge is 0.507 e. The Labute approximate surface area is 109 Å². The zero-order valence-electron chi connectivity index (χ0n) is 9.84. The molecule has 0 fully saturated rings. The number of amides is 1. The Morgan fingerprint density at radius 2 is 1.89 bits per heavy atom. The summed E-state index contributed by atoms with van der Waals surface area (Å²) in [6.07, 6.45) is 7.42. The van der Waals surface area contributed by atoms with Gasteiger partial charge in [-0.05, 0) is 29.9 Å². The molecule has 1 aromatic rings. The maximum absolute atomic E-state index is 11.6. The van der Waals surface area contributed by atoms with Crippen molar-refractivity contribution in [3.8, 4) is 5.75 Å². The van der Waals surface area contributed by atoms with Crippen LogP contribution in [-0.4, -0.2) is 21.3 Å². The molecule has 6 heteroatoms. The molecule has 0 saturated heterocycles. The summed E-state index contributed by atoms with van der Waals surface area (Å²) >= 11 is 0. The first-order valence-corrected chi connectivity index (χ1v) is 5.44. The molecule has 2 N–H and O–H groups in total. The number of phenolic OH excluding ortho intramolecular Hbond substituents is 1. The molecular weight excluding hydrogens is 246 g/mol. The summed E-state index contributed by atoms with van der Waals surface area (Å²) in [6, 6.07) is 6.12. The lowest BCUT2D eigenvalue weighted by atomic mass is 10.2. The lowest BCUT2D eigenvalue weighted by Gasteiger charge is -2.08. The van der Waals surface area contributed by atoms with Gasteiger partial charge in [-0.25, -0.2) is 5.06 Å². The lowest BCUT2D eigenvalue weighted by Crippen LogP contribution is -2.03. The topological polar surface area (TPSA) is 85.5 Å². The monoisotopic (exact) mass is 257 g/mol. The quantitative estimate of drug-likeness (QED) is 0.797. The second-order valence-electron chi connectivity index (χ2n) is 3.68. The third-order valence-corrected chi connectivity index (χ3v) is 2.33. The summed E-state index contributed by atoms with van der Waals surface area (Å²) in [5.41, 5.74) is 0.778. The molecule has 0 unspecified atom stereocenters. The van der Waals surface area contributed by atoms with Crippen molar-refractivity contribution in [2.24, 2.45) is 10.2 Å². The Kier molecular flexibility index (Phi) is 3.84. The molecule has 0 aliphatic carbocycles. The van der Waals surface area contributed by atoms with Crippen LogP contribution in [0.4, 0.5) is 0 Å². The minimum atomic E-state index is -0.623. The number of rotatable bonds is 2. The highest BCUT2D eigenvalue weighted by molar-refractivity contribution is 5.97. The Bertz CT molecular complexity index is 587. The molecule has 1 aliphatic heterocycles. The van der Waals surface area contributed by atoms with Gasteiger partial charge in [-0.2, -0.15) is 5.11 Å². The van der Waals surface area contributed by atoms with Crippen molar-refractivity contribution in [2.75, 3.05) is 0 Å². The van der Waals surface area contributed by atoms with Crippen molar-refractivity contribution in [1.82, 2.24) is 5.06 Å². The van der Waals surface area contributed by atoms with Crippen LogP contribution in [0.1, 0.15) is 10.4 Å². The normalized spacial score (nSPS) is 14.2. The maximum atomic E-state index is 11.6. The average Bonchev–Trinajstić information content (AvgIpc) is 2.41. The molecule has 2 rings (SSSR count). The first-order valence-electron chi connectivity index (χ1n) is 5.44. The minimum Gasteiger partial charge on any atom is -0.507 e. The van der Waals surface area contributed by atoms with E-state index in [0.29, 0.717) is 5.57 Å². The van der Waals surface area contributed by atoms with E-state index in [4.69, 9.17) is 5.21 Å². The number of hydrogen-bond acceptors (Lipinski definition) is 5. The van der Waals surface area contributed by atoms with Crippen molar-refractivity contribution in [1.29, 1.82) is 0 Å². The standard InChI is InChI=1S/C13H11N3O3/c17-12-4-2-1-3-11(12)13(18)15-14-9-10-5-7-16(19)8-6-10/h1-9,17,19H. The molecule has 1 amide bonds. The van der Waals surface area contributed by atoms with Crippen LogP contribution in [0.5, 0.6) is 5.75 Å². The van der Waals surface area contributed by atoms with Crippen LogP contribution in [0.15, 0.2) is 70.8 Å². The fourth-order valence-corrected chi connectivity index (χ4v) is 1.37. The van der Waals surface area contributed by atoms with Crippen LogP contribution in [0.3, 0.4) is 0 Å². The van der Waals surface area contributed by atoms with E-state index in [9.17, 15) is 9.90 Å². The van der Waals surface area contributed by atoms with Gasteiger partial charge in [-0.3, -0.25) is 10.0 Å². The fraction of sp³-hybridized carbons (Fsp3) is 0. The van der Waals surface area contributed by atoms with E-state index in [0.717, 1.165) is 5.06 Å². The van der Waals surface area contributed by atoms with Crippen molar-refractivity contribution < 1.29 is 15.1 Å². The maximum Gasteiger partial charge on any atom is 0.299 e. The fourth-order valence-electron chi connectivity index (χ4n) is 1.37. The Morgan fingerprint density at radius 1 is 1.21 bits per heavy atom. The number of hydroxylamine groups is 2. The van der Waals surface area contributed by atoms with E-state index in [1.165, 1.54) is 30.7 Å². The molecule has 1 aromatic carbocycles. The van der Waals surface area contributed by atoms with Gasteiger partial charge >= 0.3 is 0 Å². The van der Waals surface area contributed by atoms with E-state index in [2.05, 4.69) is 10.2 Å². The predicted molar refractivity (Wildman–Crippen MR) is 67.3 cm³/mol.